The number of methoxy groups -OCH3 is 1. The van der Waals surface area contributed by atoms with Crippen LogP contribution >= 0.6 is 15.9 Å². The molecule has 0 radical (unpaired) electrons. The molecule has 27 heavy (non-hydrogen) atoms. The van der Waals surface area contributed by atoms with Gasteiger partial charge in [0.15, 0.2) is 6.61 Å². The van der Waals surface area contributed by atoms with Crippen LogP contribution in [0.2, 0.25) is 0 Å². The van der Waals surface area contributed by atoms with Crippen molar-refractivity contribution in [2.45, 2.75) is 26.7 Å². The number of hydrazine groups is 1. The van der Waals surface area contributed by atoms with E-state index in [0.29, 0.717) is 21.5 Å². The van der Waals surface area contributed by atoms with Crippen LogP contribution in [0.1, 0.15) is 41.3 Å². The van der Waals surface area contributed by atoms with Gasteiger partial charge in [-0.15, -0.1) is 0 Å². The van der Waals surface area contributed by atoms with E-state index in [4.69, 9.17) is 9.47 Å². The Morgan fingerprint density at radius 3 is 2.44 bits per heavy atom. The number of hydrogen-bond donors (Lipinski definition) is 2. The van der Waals surface area contributed by atoms with E-state index in [1.54, 1.807) is 25.3 Å². The Labute approximate surface area is 167 Å². The highest BCUT2D eigenvalue weighted by Crippen LogP contribution is 2.27. The number of aryl methyl sites for hydroxylation is 1. The van der Waals surface area contributed by atoms with Gasteiger partial charge < -0.3 is 9.47 Å². The summed E-state index contributed by atoms with van der Waals surface area (Å²) in [5.74, 6) is 0.669. The SMILES string of the molecule is COc1ccc(C(=O)NNC(=O)COc2cc(C)ccc2C(C)C)cc1Br. The van der Waals surface area contributed by atoms with Crippen LogP contribution in [0.25, 0.3) is 0 Å². The molecule has 6 nitrogen and oxygen atoms in total. The van der Waals surface area contributed by atoms with Crippen molar-refractivity contribution in [2.24, 2.45) is 0 Å². The standard InChI is InChI=1S/C20H23BrN2O4/c1-12(2)15-7-5-13(3)9-18(15)27-11-19(24)22-23-20(25)14-6-8-17(26-4)16(21)10-14/h5-10,12H,11H2,1-4H3,(H,22,24)(H,23,25). The molecule has 0 aromatic heterocycles. The predicted octanol–water partition coefficient (Wildman–Crippen LogP) is 3.73. The molecule has 0 heterocycles. The van der Waals surface area contributed by atoms with Crippen molar-refractivity contribution in [1.82, 2.24) is 10.9 Å². The van der Waals surface area contributed by atoms with Gasteiger partial charge >= 0.3 is 0 Å². The molecule has 0 bridgehead atoms. The second-order valence-electron chi connectivity index (χ2n) is 6.34. The summed E-state index contributed by atoms with van der Waals surface area (Å²) in [5, 5.41) is 0. The van der Waals surface area contributed by atoms with Gasteiger partial charge in [0.1, 0.15) is 11.5 Å². The van der Waals surface area contributed by atoms with Crippen LogP contribution in [0.5, 0.6) is 11.5 Å². The average molecular weight is 435 g/mol. The lowest BCUT2D eigenvalue weighted by Gasteiger charge is -2.15. The monoisotopic (exact) mass is 434 g/mol. The zero-order valence-electron chi connectivity index (χ0n) is 15.8. The van der Waals surface area contributed by atoms with Gasteiger partial charge in [0.25, 0.3) is 11.8 Å². The minimum atomic E-state index is -0.452. The first kappa shape index (κ1) is 20.8. The van der Waals surface area contributed by atoms with Gasteiger partial charge in [-0.2, -0.15) is 0 Å². The fourth-order valence-corrected chi connectivity index (χ4v) is 2.97. The van der Waals surface area contributed by atoms with Crippen LogP contribution < -0.4 is 20.3 Å². The van der Waals surface area contributed by atoms with E-state index >= 15 is 0 Å². The number of carbonyl (C=O) groups is 2. The van der Waals surface area contributed by atoms with E-state index in [9.17, 15) is 9.59 Å². The van der Waals surface area contributed by atoms with Crippen LogP contribution in [-0.2, 0) is 4.79 Å². The molecule has 2 aromatic rings. The van der Waals surface area contributed by atoms with Crippen LogP contribution in [0, 0.1) is 6.92 Å². The molecule has 0 aliphatic rings. The van der Waals surface area contributed by atoms with Crippen molar-refractivity contribution in [3.63, 3.8) is 0 Å². The molecule has 2 amide bonds. The van der Waals surface area contributed by atoms with Crippen molar-refractivity contribution in [3.8, 4) is 11.5 Å². The summed E-state index contributed by atoms with van der Waals surface area (Å²) < 4.78 is 11.4. The van der Waals surface area contributed by atoms with E-state index < -0.39 is 11.8 Å². The van der Waals surface area contributed by atoms with Gasteiger partial charge in [0, 0.05) is 5.56 Å². The van der Waals surface area contributed by atoms with Gasteiger partial charge in [-0.1, -0.05) is 26.0 Å². The number of halogens is 1. The fraction of sp³-hybridized carbons (Fsp3) is 0.300. The predicted molar refractivity (Wildman–Crippen MR) is 107 cm³/mol. The molecule has 0 saturated heterocycles. The minimum absolute atomic E-state index is 0.199. The van der Waals surface area contributed by atoms with Gasteiger partial charge in [0.05, 0.1) is 11.6 Å². The van der Waals surface area contributed by atoms with Gasteiger partial charge in [-0.3, -0.25) is 20.4 Å². The summed E-state index contributed by atoms with van der Waals surface area (Å²) >= 11 is 3.32. The van der Waals surface area contributed by atoms with E-state index in [2.05, 4.69) is 40.6 Å². The highest BCUT2D eigenvalue weighted by atomic mass is 79.9. The third kappa shape index (κ3) is 5.72. The number of nitrogens with one attached hydrogen (secondary N) is 2. The molecular weight excluding hydrogens is 412 g/mol. The molecule has 0 atom stereocenters. The second kappa shape index (κ2) is 9.41. The normalized spacial score (nSPS) is 10.4. The topological polar surface area (TPSA) is 76.7 Å². The van der Waals surface area contributed by atoms with Crippen molar-refractivity contribution in [2.75, 3.05) is 13.7 Å². The molecule has 2 rings (SSSR count). The van der Waals surface area contributed by atoms with Gasteiger partial charge in [0.2, 0.25) is 0 Å². The van der Waals surface area contributed by atoms with Crippen LogP contribution in [0.4, 0.5) is 0 Å². The number of benzene rings is 2. The van der Waals surface area contributed by atoms with Crippen molar-refractivity contribution in [3.05, 3.63) is 57.6 Å². The molecular formula is C20H23BrN2O4. The summed E-state index contributed by atoms with van der Waals surface area (Å²) in [6.45, 7) is 5.88. The summed E-state index contributed by atoms with van der Waals surface area (Å²) in [6.07, 6.45) is 0. The van der Waals surface area contributed by atoms with Crippen molar-refractivity contribution < 1.29 is 19.1 Å². The first-order valence-corrected chi connectivity index (χ1v) is 9.27. The maximum atomic E-state index is 12.1. The number of amides is 2. The molecule has 2 aromatic carbocycles. The number of hydrogen-bond acceptors (Lipinski definition) is 4. The summed E-state index contributed by atoms with van der Waals surface area (Å²) in [6, 6.07) is 10.8. The Morgan fingerprint density at radius 2 is 1.81 bits per heavy atom. The summed E-state index contributed by atoms with van der Waals surface area (Å²) in [4.78, 5) is 24.1. The molecule has 144 valence electrons. The Morgan fingerprint density at radius 1 is 1.07 bits per heavy atom. The lowest BCUT2D eigenvalue weighted by molar-refractivity contribution is -0.123. The third-order valence-corrected chi connectivity index (χ3v) is 4.50. The maximum absolute atomic E-state index is 12.1. The Bertz CT molecular complexity index is 837. The second-order valence-corrected chi connectivity index (χ2v) is 7.19. The lowest BCUT2D eigenvalue weighted by atomic mass is 10.0. The number of ether oxygens (including phenoxy) is 2. The smallest absolute Gasteiger partial charge is 0.276 e. The molecule has 2 N–H and O–H groups in total. The lowest BCUT2D eigenvalue weighted by Crippen LogP contribution is -2.43. The van der Waals surface area contributed by atoms with E-state index in [0.717, 1.165) is 11.1 Å². The number of carbonyl (C=O) groups excluding carboxylic acids is 2. The summed E-state index contributed by atoms with van der Waals surface area (Å²) in [7, 11) is 1.54. The van der Waals surface area contributed by atoms with Crippen LogP contribution in [0.15, 0.2) is 40.9 Å². The molecule has 7 heteroatoms. The zero-order chi connectivity index (χ0) is 20.0. The highest BCUT2D eigenvalue weighted by Gasteiger charge is 2.12. The van der Waals surface area contributed by atoms with E-state index in [-0.39, 0.29) is 12.5 Å². The largest absolute Gasteiger partial charge is 0.496 e. The van der Waals surface area contributed by atoms with Crippen LogP contribution in [0.3, 0.4) is 0 Å². The number of rotatable bonds is 6. The molecule has 0 fully saturated rings. The van der Waals surface area contributed by atoms with Gasteiger partial charge in [-0.05, 0) is 64.2 Å². The first-order valence-electron chi connectivity index (χ1n) is 8.48. The molecule has 0 aliphatic carbocycles. The van der Waals surface area contributed by atoms with E-state index in [1.165, 1.54) is 0 Å². The molecule has 0 spiro atoms. The van der Waals surface area contributed by atoms with Crippen LogP contribution in [-0.4, -0.2) is 25.5 Å². The average Bonchev–Trinajstić information content (AvgIpc) is 2.64. The third-order valence-electron chi connectivity index (χ3n) is 3.88. The Kier molecular flexibility index (Phi) is 7.24. The molecule has 0 saturated carbocycles. The zero-order valence-corrected chi connectivity index (χ0v) is 17.3. The highest BCUT2D eigenvalue weighted by molar-refractivity contribution is 9.10. The first-order chi connectivity index (χ1) is 12.8. The van der Waals surface area contributed by atoms with Crippen molar-refractivity contribution >= 4 is 27.7 Å². The molecule has 0 aliphatic heterocycles. The van der Waals surface area contributed by atoms with Gasteiger partial charge in [-0.25, -0.2) is 0 Å². The Hall–Kier alpha value is -2.54. The van der Waals surface area contributed by atoms with Crippen molar-refractivity contribution in [1.29, 1.82) is 0 Å². The minimum Gasteiger partial charge on any atom is -0.496 e. The fourth-order valence-electron chi connectivity index (χ4n) is 2.43. The molecule has 0 unspecified atom stereocenters. The Balaban J connectivity index is 1.90. The maximum Gasteiger partial charge on any atom is 0.276 e. The quantitative estimate of drug-likeness (QED) is 0.678. The summed E-state index contributed by atoms with van der Waals surface area (Å²) in [5.41, 5.74) is 7.18. The van der Waals surface area contributed by atoms with E-state index in [1.807, 2.05) is 25.1 Å².